The molecule has 0 bridgehead atoms. The number of carbonyl (C=O) groups is 2. The topological polar surface area (TPSA) is 73.3 Å². The lowest BCUT2D eigenvalue weighted by atomic mass is 9.93. The van der Waals surface area contributed by atoms with Gasteiger partial charge in [-0.3, -0.25) is 14.5 Å². The summed E-state index contributed by atoms with van der Waals surface area (Å²) >= 11 is 0. The molecule has 1 N–H and O–H groups in total. The van der Waals surface area contributed by atoms with E-state index in [4.69, 9.17) is 4.74 Å². The number of nitrogens with zero attached hydrogens (tertiary/aromatic N) is 3. The molecule has 1 atom stereocenters. The van der Waals surface area contributed by atoms with Gasteiger partial charge >= 0.3 is 0 Å². The molecule has 7 nitrogen and oxygen atoms in total. The second kappa shape index (κ2) is 10.8. The Morgan fingerprint density at radius 3 is 2.26 bits per heavy atom. The van der Waals surface area contributed by atoms with E-state index >= 15 is 0 Å². The molecule has 1 unspecified atom stereocenters. The maximum absolute atomic E-state index is 13.6. The van der Waals surface area contributed by atoms with Crippen molar-refractivity contribution in [3.05, 3.63) is 89.0 Å². The van der Waals surface area contributed by atoms with Crippen LogP contribution in [-0.4, -0.2) is 50.6 Å². The Morgan fingerprint density at radius 1 is 0.949 bits per heavy atom. The van der Waals surface area contributed by atoms with Gasteiger partial charge in [0.2, 0.25) is 0 Å². The van der Waals surface area contributed by atoms with E-state index in [1.165, 1.54) is 4.90 Å². The third-order valence-corrected chi connectivity index (χ3v) is 7.61. The molecular formula is C32H35N3O4. The zero-order valence-electron chi connectivity index (χ0n) is 23.0. The normalized spacial score (nSPS) is 18.1. The highest BCUT2D eigenvalue weighted by Crippen LogP contribution is 2.43. The SMILES string of the molecule is CCN(CC)c1ccc(C2/C(=C(/O)c3ccc4c(c3)CCCO4)C(=O)C(=O)N2c2ccc(N(C)C)cc2)cc1. The lowest BCUT2D eigenvalue weighted by molar-refractivity contribution is -0.132. The first-order valence-corrected chi connectivity index (χ1v) is 13.5. The van der Waals surface area contributed by atoms with Crippen molar-refractivity contribution in [1.82, 2.24) is 0 Å². The monoisotopic (exact) mass is 525 g/mol. The number of hydrogen-bond donors (Lipinski definition) is 1. The Bertz CT molecular complexity index is 1410. The van der Waals surface area contributed by atoms with Crippen LogP contribution in [0.3, 0.4) is 0 Å². The number of fused-ring (bicyclic) bond motifs is 1. The predicted molar refractivity (Wildman–Crippen MR) is 156 cm³/mol. The van der Waals surface area contributed by atoms with Crippen molar-refractivity contribution < 1.29 is 19.4 Å². The lowest BCUT2D eigenvalue weighted by Crippen LogP contribution is -2.29. The van der Waals surface area contributed by atoms with E-state index in [-0.39, 0.29) is 11.3 Å². The molecule has 202 valence electrons. The number of hydrogen-bond acceptors (Lipinski definition) is 6. The summed E-state index contributed by atoms with van der Waals surface area (Å²) in [4.78, 5) is 32.8. The maximum atomic E-state index is 13.6. The van der Waals surface area contributed by atoms with Gasteiger partial charge in [-0.25, -0.2) is 0 Å². The zero-order chi connectivity index (χ0) is 27.7. The standard InChI is InChI=1S/C32H35N3O4/c1-5-34(6-2)25-12-9-21(10-13-25)29-28(30(36)23-11-18-27-22(20-23)8-7-19-39-27)31(37)32(38)35(29)26-16-14-24(15-17-26)33(3)4/h9-18,20,29,36H,5-8,19H2,1-4H3/b30-28-. The van der Waals surface area contributed by atoms with Crippen LogP contribution in [0.1, 0.15) is 43.0 Å². The van der Waals surface area contributed by atoms with Gasteiger partial charge in [-0.05, 0) is 92.4 Å². The number of benzene rings is 3. The van der Waals surface area contributed by atoms with E-state index in [1.807, 2.05) is 79.7 Å². The molecule has 3 aromatic rings. The van der Waals surface area contributed by atoms with Gasteiger partial charge in [0, 0.05) is 49.8 Å². The summed E-state index contributed by atoms with van der Waals surface area (Å²) in [6, 6.07) is 20.1. The minimum atomic E-state index is -0.770. The summed E-state index contributed by atoms with van der Waals surface area (Å²) in [7, 11) is 3.89. The van der Waals surface area contributed by atoms with Gasteiger partial charge < -0.3 is 19.6 Å². The maximum Gasteiger partial charge on any atom is 0.300 e. The van der Waals surface area contributed by atoms with Gasteiger partial charge in [-0.1, -0.05) is 12.1 Å². The van der Waals surface area contributed by atoms with Crippen molar-refractivity contribution in [3.63, 3.8) is 0 Å². The van der Waals surface area contributed by atoms with Gasteiger partial charge in [0.1, 0.15) is 11.5 Å². The zero-order valence-corrected chi connectivity index (χ0v) is 23.0. The lowest BCUT2D eigenvalue weighted by Gasteiger charge is -2.27. The van der Waals surface area contributed by atoms with Crippen LogP contribution in [0.15, 0.2) is 72.3 Å². The first kappa shape index (κ1) is 26.4. The van der Waals surface area contributed by atoms with E-state index in [1.54, 1.807) is 6.07 Å². The molecule has 0 saturated carbocycles. The molecule has 5 rings (SSSR count). The van der Waals surface area contributed by atoms with Crippen LogP contribution in [0.2, 0.25) is 0 Å². The number of rotatable bonds is 7. The molecule has 2 aliphatic rings. The Balaban J connectivity index is 1.64. The number of Topliss-reactive ketones (excluding diaryl/α,β-unsaturated/α-hetero) is 1. The molecule has 2 heterocycles. The fourth-order valence-corrected chi connectivity index (χ4v) is 5.44. The first-order valence-electron chi connectivity index (χ1n) is 13.5. The summed E-state index contributed by atoms with van der Waals surface area (Å²) in [5.41, 5.74) is 4.97. The van der Waals surface area contributed by atoms with Crippen LogP contribution in [0, 0.1) is 0 Å². The number of aryl methyl sites for hydroxylation is 1. The predicted octanol–water partition coefficient (Wildman–Crippen LogP) is 5.55. The fourth-order valence-electron chi connectivity index (χ4n) is 5.44. The van der Waals surface area contributed by atoms with Crippen LogP contribution in [0.25, 0.3) is 5.76 Å². The molecule has 1 fully saturated rings. The average Bonchev–Trinajstić information content (AvgIpc) is 3.23. The molecule has 7 heteroatoms. The average molecular weight is 526 g/mol. The van der Waals surface area contributed by atoms with Crippen molar-refractivity contribution in [1.29, 1.82) is 0 Å². The molecule has 39 heavy (non-hydrogen) atoms. The Hall–Kier alpha value is -4.26. The molecular weight excluding hydrogens is 490 g/mol. The largest absolute Gasteiger partial charge is 0.507 e. The van der Waals surface area contributed by atoms with Crippen molar-refractivity contribution in [2.24, 2.45) is 0 Å². The second-order valence-corrected chi connectivity index (χ2v) is 10.1. The van der Waals surface area contributed by atoms with Gasteiger partial charge in [0.05, 0.1) is 18.2 Å². The van der Waals surface area contributed by atoms with Crippen molar-refractivity contribution in [3.8, 4) is 5.75 Å². The van der Waals surface area contributed by atoms with Crippen LogP contribution in [0.4, 0.5) is 17.1 Å². The van der Waals surface area contributed by atoms with Gasteiger partial charge in [0.25, 0.3) is 11.7 Å². The molecule has 0 aliphatic carbocycles. The minimum Gasteiger partial charge on any atom is -0.507 e. The highest BCUT2D eigenvalue weighted by atomic mass is 16.5. The third kappa shape index (κ3) is 4.85. The summed E-state index contributed by atoms with van der Waals surface area (Å²) < 4.78 is 5.73. The summed E-state index contributed by atoms with van der Waals surface area (Å²) in [5, 5.41) is 11.6. The number of carbonyl (C=O) groups excluding carboxylic acids is 2. The van der Waals surface area contributed by atoms with Crippen LogP contribution in [-0.2, 0) is 16.0 Å². The van der Waals surface area contributed by atoms with Crippen molar-refractivity contribution in [2.45, 2.75) is 32.7 Å². The van der Waals surface area contributed by atoms with E-state index in [9.17, 15) is 14.7 Å². The molecule has 3 aromatic carbocycles. The summed E-state index contributed by atoms with van der Waals surface area (Å²) in [5.74, 6) is -0.737. The fraction of sp³-hybridized carbons (Fsp3) is 0.312. The molecule has 0 aromatic heterocycles. The minimum absolute atomic E-state index is 0.0870. The highest BCUT2D eigenvalue weighted by Gasteiger charge is 2.47. The molecule has 1 amide bonds. The third-order valence-electron chi connectivity index (χ3n) is 7.61. The summed E-state index contributed by atoms with van der Waals surface area (Å²) in [6.07, 6.45) is 1.72. The van der Waals surface area contributed by atoms with Gasteiger partial charge in [0.15, 0.2) is 0 Å². The van der Waals surface area contributed by atoms with Crippen molar-refractivity contribution in [2.75, 3.05) is 48.5 Å². The van der Waals surface area contributed by atoms with E-state index in [0.717, 1.165) is 54.2 Å². The number of aliphatic hydroxyl groups is 1. The Morgan fingerprint density at radius 2 is 1.62 bits per heavy atom. The van der Waals surface area contributed by atoms with Gasteiger partial charge in [-0.2, -0.15) is 0 Å². The number of ketones is 1. The van der Waals surface area contributed by atoms with Crippen LogP contribution < -0.4 is 19.4 Å². The van der Waals surface area contributed by atoms with E-state index in [2.05, 4.69) is 18.7 Å². The molecule has 0 spiro atoms. The Labute approximate surface area is 229 Å². The van der Waals surface area contributed by atoms with E-state index in [0.29, 0.717) is 17.9 Å². The first-order chi connectivity index (χ1) is 18.8. The van der Waals surface area contributed by atoms with Gasteiger partial charge in [-0.15, -0.1) is 0 Å². The second-order valence-electron chi connectivity index (χ2n) is 10.1. The smallest absolute Gasteiger partial charge is 0.300 e. The summed E-state index contributed by atoms with van der Waals surface area (Å²) in [6.45, 7) is 6.61. The number of amides is 1. The van der Waals surface area contributed by atoms with E-state index < -0.39 is 17.7 Å². The quantitative estimate of drug-likeness (QED) is 0.248. The Kier molecular flexibility index (Phi) is 7.33. The van der Waals surface area contributed by atoms with Crippen LogP contribution >= 0.6 is 0 Å². The number of ether oxygens (including phenoxy) is 1. The van der Waals surface area contributed by atoms with Crippen molar-refractivity contribution >= 4 is 34.5 Å². The highest BCUT2D eigenvalue weighted by molar-refractivity contribution is 6.51. The molecule has 1 saturated heterocycles. The van der Waals surface area contributed by atoms with Crippen LogP contribution in [0.5, 0.6) is 5.75 Å². The molecule has 0 radical (unpaired) electrons. The molecule has 2 aliphatic heterocycles. The number of aliphatic hydroxyl groups excluding tert-OH is 1. The number of anilines is 3.